The van der Waals surface area contributed by atoms with Crippen LogP contribution in [0.1, 0.15) is 20.7 Å². The van der Waals surface area contributed by atoms with Crippen molar-refractivity contribution in [3.8, 4) is 5.75 Å². The van der Waals surface area contributed by atoms with Gasteiger partial charge < -0.3 is 4.74 Å². The topological polar surface area (TPSA) is 63.7 Å². The summed E-state index contributed by atoms with van der Waals surface area (Å²) in [5.41, 5.74) is 0.618. The number of carbonyl (C=O) groups excluding carboxylic acids is 3. The van der Waals surface area contributed by atoms with Crippen LogP contribution in [0.3, 0.4) is 0 Å². The maximum atomic E-state index is 12.1. The monoisotopic (exact) mass is 359 g/mol. The van der Waals surface area contributed by atoms with E-state index in [-0.39, 0.29) is 0 Å². The molecule has 6 heteroatoms. The number of rotatable bonds is 3. The average molecular weight is 360 g/mol. The fourth-order valence-electron chi connectivity index (χ4n) is 2.18. The van der Waals surface area contributed by atoms with E-state index in [4.69, 9.17) is 4.74 Å². The van der Waals surface area contributed by atoms with E-state index in [1.165, 1.54) is 0 Å². The van der Waals surface area contributed by atoms with E-state index in [0.29, 0.717) is 16.9 Å². The number of carbonyl (C=O) groups is 3. The predicted molar refractivity (Wildman–Crippen MR) is 81.6 cm³/mol. The molecule has 0 aromatic heterocycles. The molecule has 0 N–H and O–H groups in total. The summed E-state index contributed by atoms with van der Waals surface area (Å²) in [4.78, 5) is 37.1. The van der Waals surface area contributed by atoms with Gasteiger partial charge in [0.05, 0.1) is 11.1 Å². The smallest absolute Gasteiger partial charge is 0.331 e. The van der Waals surface area contributed by atoms with Crippen molar-refractivity contribution >= 4 is 33.7 Å². The molecule has 1 aliphatic heterocycles. The van der Waals surface area contributed by atoms with Gasteiger partial charge >= 0.3 is 5.97 Å². The molecule has 2 amide bonds. The molecule has 0 bridgehead atoms. The molecule has 0 radical (unpaired) electrons. The molecule has 1 heterocycles. The third-order valence-corrected chi connectivity index (χ3v) is 3.74. The summed E-state index contributed by atoms with van der Waals surface area (Å²) in [6.07, 6.45) is 0. The molecular formula is C16H10BrNO4. The molecule has 0 aliphatic carbocycles. The van der Waals surface area contributed by atoms with E-state index < -0.39 is 24.3 Å². The second-order valence-corrected chi connectivity index (χ2v) is 5.59. The van der Waals surface area contributed by atoms with E-state index in [2.05, 4.69) is 15.9 Å². The van der Waals surface area contributed by atoms with Gasteiger partial charge in [-0.2, -0.15) is 0 Å². The molecule has 110 valence electrons. The summed E-state index contributed by atoms with van der Waals surface area (Å²) in [7, 11) is 0. The summed E-state index contributed by atoms with van der Waals surface area (Å²) in [6.45, 7) is -0.414. The lowest BCUT2D eigenvalue weighted by atomic mass is 10.1. The first-order valence-corrected chi connectivity index (χ1v) is 7.27. The van der Waals surface area contributed by atoms with Crippen LogP contribution in [0.25, 0.3) is 0 Å². The first kappa shape index (κ1) is 14.5. The Labute approximate surface area is 134 Å². The molecular weight excluding hydrogens is 350 g/mol. The Hall–Kier alpha value is -2.47. The fourth-order valence-corrected chi connectivity index (χ4v) is 2.44. The van der Waals surface area contributed by atoms with Gasteiger partial charge in [-0.05, 0) is 36.4 Å². The van der Waals surface area contributed by atoms with Crippen molar-refractivity contribution in [1.82, 2.24) is 4.90 Å². The lowest BCUT2D eigenvalue weighted by Crippen LogP contribution is -2.36. The maximum absolute atomic E-state index is 12.1. The van der Waals surface area contributed by atoms with Gasteiger partial charge in [0.1, 0.15) is 12.3 Å². The maximum Gasteiger partial charge on any atom is 0.331 e. The summed E-state index contributed by atoms with van der Waals surface area (Å²) < 4.78 is 5.98. The number of esters is 1. The van der Waals surface area contributed by atoms with E-state index >= 15 is 0 Å². The minimum absolute atomic E-state index is 0.309. The molecule has 2 aromatic rings. The number of ether oxygens (including phenoxy) is 1. The highest BCUT2D eigenvalue weighted by Gasteiger charge is 2.36. The largest absolute Gasteiger partial charge is 0.425 e. The predicted octanol–water partition coefficient (Wildman–Crippen LogP) is 2.65. The number of benzene rings is 2. The Kier molecular flexibility index (Phi) is 3.77. The zero-order valence-electron chi connectivity index (χ0n) is 11.3. The lowest BCUT2D eigenvalue weighted by molar-refractivity contribution is -0.134. The quantitative estimate of drug-likeness (QED) is 0.480. The standard InChI is InChI=1S/C16H10BrNO4/c17-10-5-7-11(8-6-10)22-14(19)9-18-15(20)12-3-1-2-4-13(12)16(18)21/h1-8H,9H2. The highest BCUT2D eigenvalue weighted by molar-refractivity contribution is 9.10. The first-order chi connectivity index (χ1) is 10.6. The summed E-state index contributed by atoms with van der Waals surface area (Å²) in [6, 6.07) is 13.2. The van der Waals surface area contributed by atoms with Crippen LogP contribution in [0.5, 0.6) is 5.75 Å². The lowest BCUT2D eigenvalue weighted by Gasteiger charge is -2.12. The second kappa shape index (κ2) is 5.73. The molecule has 0 spiro atoms. The average Bonchev–Trinajstić information content (AvgIpc) is 2.75. The number of fused-ring (bicyclic) bond motifs is 1. The van der Waals surface area contributed by atoms with Gasteiger partial charge in [-0.15, -0.1) is 0 Å². The number of hydrogen-bond donors (Lipinski definition) is 0. The molecule has 5 nitrogen and oxygen atoms in total. The highest BCUT2D eigenvalue weighted by atomic mass is 79.9. The van der Waals surface area contributed by atoms with Crippen LogP contribution in [-0.2, 0) is 4.79 Å². The van der Waals surface area contributed by atoms with Crippen molar-refractivity contribution in [2.24, 2.45) is 0 Å². The second-order valence-electron chi connectivity index (χ2n) is 4.67. The number of imide groups is 1. The molecule has 22 heavy (non-hydrogen) atoms. The van der Waals surface area contributed by atoms with Crippen molar-refractivity contribution in [3.05, 3.63) is 64.1 Å². The minimum atomic E-state index is -0.670. The molecule has 0 fully saturated rings. The van der Waals surface area contributed by atoms with Crippen molar-refractivity contribution in [1.29, 1.82) is 0 Å². The minimum Gasteiger partial charge on any atom is -0.425 e. The van der Waals surface area contributed by atoms with E-state index in [0.717, 1.165) is 9.37 Å². The highest BCUT2D eigenvalue weighted by Crippen LogP contribution is 2.22. The van der Waals surface area contributed by atoms with Crippen LogP contribution in [0, 0.1) is 0 Å². The molecule has 0 unspecified atom stereocenters. The van der Waals surface area contributed by atoms with Crippen LogP contribution >= 0.6 is 15.9 Å². The van der Waals surface area contributed by atoms with Gasteiger partial charge in [0, 0.05) is 4.47 Å². The van der Waals surface area contributed by atoms with E-state index in [1.54, 1.807) is 48.5 Å². The first-order valence-electron chi connectivity index (χ1n) is 6.48. The zero-order valence-corrected chi connectivity index (χ0v) is 12.9. The summed E-state index contributed by atoms with van der Waals surface area (Å²) >= 11 is 3.28. The van der Waals surface area contributed by atoms with Crippen LogP contribution in [-0.4, -0.2) is 29.2 Å². The van der Waals surface area contributed by atoms with E-state index in [1.807, 2.05) is 0 Å². The van der Waals surface area contributed by atoms with E-state index in [9.17, 15) is 14.4 Å². The van der Waals surface area contributed by atoms with Crippen molar-refractivity contribution in [3.63, 3.8) is 0 Å². The van der Waals surface area contributed by atoms with Crippen LogP contribution < -0.4 is 4.74 Å². The Bertz CT molecular complexity index is 735. The van der Waals surface area contributed by atoms with Gasteiger partial charge in [-0.3, -0.25) is 14.5 Å². The van der Waals surface area contributed by atoms with Gasteiger partial charge in [0.2, 0.25) is 0 Å². The van der Waals surface area contributed by atoms with Crippen LogP contribution in [0.2, 0.25) is 0 Å². The van der Waals surface area contributed by atoms with Crippen LogP contribution in [0.4, 0.5) is 0 Å². The number of halogens is 1. The van der Waals surface area contributed by atoms with Crippen molar-refractivity contribution in [2.75, 3.05) is 6.54 Å². The van der Waals surface area contributed by atoms with Gasteiger partial charge in [-0.25, -0.2) is 4.79 Å². The molecule has 0 atom stereocenters. The normalized spacial score (nSPS) is 13.2. The third-order valence-electron chi connectivity index (χ3n) is 3.21. The number of nitrogens with zero attached hydrogens (tertiary/aromatic N) is 1. The summed E-state index contributed by atoms with van der Waals surface area (Å²) in [5.74, 6) is -1.27. The Morgan fingerprint density at radius 2 is 1.50 bits per heavy atom. The third kappa shape index (κ3) is 2.65. The zero-order chi connectivity index (χ0) is 15.7. The Balaban J connectivity index is 1.71. The molecule has 0 saturated carbocycles. The molecule has 1 aliphatic rings. The summed E-state index contributed by atoms with van der Waals surface area (Å²) in [5, 5.41) is 0. The van der Waals surface area contributed by atoms with Gasteiger partial charge in [-0.1, -0.05) is 28.1 Å². The van der Waals surface area contributed by atoms with Gasteiger partial charge in [0.15, 0.2) is 0 Å². The molecule has 2 aromatic carbocycles. The van der Waals surface area contributed by atoms with Gasteiger partial charge in [0.25, 0.3) is 11.8 Å². The fraction of sp³-hybridized carbons (Fsp3) is 0.0625. The molecule has 3 rings (SSSR count). The Morgan fingerprint density at radius 1 is 0.955 bits per heavy atom. The van der Waals surface area contributed by atoms with Crippen LogP contribution in [0.15, 0.2) is 53.0 Å². The SMILES string of the molecule is O=C(CN1C(=O)c2ccccc2C1=O)Oc1ccc(Br)cc1. The Morgan fingerprint density at radius 3 is 2.05 bits per heavy atom. The number of amides is 2. The number of hydrogen-bond acceptors (Lipinski definition) is 4. The van der Waals surface area contributed by atoms with Crippen molar-refractivity contribution < 1.29 is 19.1 Å². The molecule has 0 saturated heterocycles. The van der Waals surface area contributed by atoms with Crippen molar-refractivity contribution in [2.45, 2.75) is 0 Å².